The molecule has 2 N–H and O–H groups in total. The molecule has 5 amide bonds. The number of carbonyl (C=O) groups is 4. The Balaban J connectivity index is 1.72. The highest BCUT2D eigenvalue weighted by Gasteiger charge is 2.40. The van der Waals surface area contributed by atoms with Gasteiger partial charge < -0.3 is 4.74 Å². The maximum Gasteiger partial charge on any atom is 0.335 e. The molecule has 1 fully saturated rings. The number of hydrazone groups is 1. The number of barbiturate groups is 1. The maximum atomic E-state index is 12.7. The van der Waals surface area contributed by atoms with Gasteiger partial charge >= 0.3 is 6.03 Å². The van der Waals surface area contributed by atoms with Gasteiger partial charge in [-0.25, -0.2) is 15.1 Å². The lowest BCUT2D eigenvalue weighted by Crippen LogP contribution is -2.58. The lowest BCUT2D eigenvalue weighted by molar-refractivity contribution is -0.131. The maximum absolute atomic E-state index is 12.7. The number of hydrogen-bond acceptors (Lipinski definition) is 6. The number of ether oxygens (including phenoxy) is 1. The molecule has 2 aromatic carbocycles. The molecule has 29 heavy (non-hydrogen) atoms. The minimum absolute atomic E-state index is 0.295. The highest BCUT2D eigenvalue weighted by molar-refractivity contribution is 9.10. The van der Waals surface area contributed by atoms with Gasteiger partial charge in [0, 0.05) is 16.3 Å². The fraction of sp³-hybridized carbons (Fsp3) is 0.105. The molecule has 1 heterocycles. The van der Waals surface area contributed by atoms with E-state index in [1.807, 2.05) is 0 Å². The molecule has 0 saturated carbocycles. The van der Waals surface area contributed by atoms with E-state index in [0.717, 1.165) is 15.6 Å². The highest BCUT2D eigenvalue weighted by Crippen LogP contribution is 2.22. The molecule has 3 rings (SSSR count). The van der Waals surface area contributed by atoms with Gasteiger partial charge in [0.2, 0.25) is 5.91 Å². The van der Waals surface area contributed by atoms with Gasteiger partial charge in [0.25, 0.3) is 11.8 Å². The summed E-state index contributed by atoms with van der Waals surface area (Å²) < 4.78 is 5.78. The second kappa shape index (κ2) is 8.65. The van der Waals surface area contributed by atoms with E-state index in [9.17, 15) is 19.2 Å². The first-order chi connectivity index (χ1) is 13.9. The first kappa shape index (κ1) is 20.2. The van der Waals surface area contributed by atoms with Gasteiger partial charge in [-0.1, -0.05) is 15.9 Å². The van der Waals surface area contributed by atoms with Crippen LogP contribution in [0.4, 0.5) is 10.5 Å². The summed E-state index contributed by atoms with van der Waals surface area (Å²) in [5, 5.41) is 5.80. The number of anilines is 1. The number of carbonyl (C=O) groups excluding carboxylic acids is 4. The molecular weight excluding hydrogens is 444 g/mol. The molecule has 0 radical (unpaired) electrons. The van der Waals surface area contributed by atoms with E-state index < -0.39 is 29.7 Å². The van der Waals surface area contributed by atoms with Crippen molar-refractivity contribution in [2.24, 2.45) is 11.0 Å². The number of amides is 5. The van der Waals surface area contributed by atoms with E-state index in [1.165, 1.54) is 19.2 Å². The molecule has 2 aromatic rings. The Kier molecular flexibility index (Phi) is 6.03. The van der Waals surface area contributed by atoms with Crippen LogP contribution in [0, 0.1) is 5.92 Å². The van der Waals surface area contributed by atoms with Crippen LogP contribution in [-0.4, -0.2) is 37.1 Å². The molecule has 148 valence electrons. The summed E-state index contributed by atoms with van der Waals surface area (Å²) in [5.41, 5.74) is 2.86. The van der Waals surface area contributed by atoms with Crippen molar-refractivity contribution in [3.05, 3.63) is 58.6 Å². The first-order valence-electron chi connectivity index (χ1n) is 8.32. The Hall–Kier alpha value is -3.53. The first-order valence-corrected chi connectivity index (χ1v) is 9.12. The van der Waals surface area contributed by atoms with E-state index >= 15 is 0 Å². The Morgan fingerprint density at radius 3 is 2.41 bits per heavy atom. The number of hydrogen-bond donors (Lipinski definition) is 2. The van der Waals surface area contributed by atoms with Crippen LogP contribution in [0.25, 0.3) is 0 Å². The lowest BCUT2D eigenvalue weighted by Gasteiger charge is -2.28. The summed E-state index contributed by atoms with van der Waals surface area (Å²) in [6.45, 7) is 0. The van der Waals surface area contributed by atoms with E-state index in [2.05, 4.69) is 31.8 Å². The molecule has 9 nitrogen and oxygen atoms in total. The van der Waals surface area contributed by atoms with Crippen LogP contribution >= 0.6 is 15.9 Å². The average molecular weight is 459 g/mol. The third kappa shape index (κ3) is 4.49. The molecule has 0 unspecified atom stereocenters. The van der Waals surface area contributed by atoms with Crippen molar-refractivity contribution in [1.82, 2.24) is 10.7 Å². The molecule has 0 spiro atoms. The van der Waals surface area contributed by atoms with E-state index in [0.29, 0.717) is 17.0 Å². The Morgan fingerprint density at radius 1 is 1.14 bits per heavy atom. The van der Waals surface area contributed by atoms with Crippen molar-refractivity contribution in [1.29, 1.82) is 0 Å². The summed E-state index contributed by atoms with van der Waals surface area (Å²) in [6.07, 6.45) is 0.984. The average Bonchev–Trinajstić information content (AvgIpc) is 2.71. The van der Waals surface area contributed by atoms with Crippen molar-refractivity contribution in [3.63, 3.8) is 0 Å². The summed E-state index contributed by atoms with van der Waals surface area (Å²) >= 11 is 3.27. The van der Waals surface area contributed by atoms with Gasteiger partial charge in [-0.2, -0.15) is 5.10 Å². The summed E-state index contributed by atoms with van der Waals surface area (Å²) in [4.78, 5) is 49.8. The number of nitrogens with zero attached hydrogens (tertiary/aromatic N) is 2. The fourth-order valence-electron chi connectivity index (χ4n) is 2.53. The standard InChI is InChI=1S/C19H15BrN4O5/c1-29-14-8-2-11(3-9-14)16(25)23-21-10-15-17(26)22-19(28)24(18(15)27)13-6-4-12(20)5-7-13/h2-10,15H,1H3,(H,23,25)(H,22,26,28)/b21-10-/t15-/m1/s1. The van der Waals surface area contributed by atoms with Gasteiger partial charge in [0.1, 0.15) is 5.75 Å². The predicted molar refractivity (Wildman–Crippen MR) is 108 cm³/mol. The summed E-state index contributed by atoms with van der Waals surface area (Å²) in [6, 6.07) is 11.9. The van der Waals surface area contributed by atoms with Gasteiger partial charge in [0.05, 0.1) is 12.8 Å². The normalized spacial score (nSPS) is 16.7. The number of halogens is 1. The highest BCUT2D eigenvalue weighted by atomic mass is 79.9. The minimum atomic E-state index is -1.37. The molecule has 1 aliphatic heterocycles. The SMILES string of the molecule is COc1ccc(C(=O)N/N=C\[C@@H]2C(=O)NC(=O)N(c3ccc(Br)cc3)C2=O)cc1. The van der Waals surface area contributed by atoms with Crippen molar-refractivity contribution < 1.29 is 23.9 Å². The van der Waals surface area contributed by atoms with Crippen LogP contribution in [0.2, 0.25) is 0 Å². The van der Waals surface area contributed by atoms with E-state index in [4.69, 9.17) is 4.74 Å². The van der Waals surface area contributed by atoms with Crippen molar-refractivity contribution in [2.75, 3.05) is 12.0 Å². The van der Waals surface area contributed by atoms with Crippen molar-refractivity contribution in [2.45, 2.75) is 0 Å². The van der Waals surface area contributed by atoms with E-state index in [-0.39, 0.29) is 0 Å². The summed E-state index contributed by atoms with van der Waals surface area (Å²) in [5.74, 6) is -2.91. The second-order valence-electron chi connectivity index (χ2n) is 5.87. The molecular formula is C19H15BrN4O5. The zero-order chi connectivity index (χ0) is 21.0. The molecule has 0 bridgehead atoms. The zero-order valence-electron chi connectivity index (χ0n) is 15.1. The molecule has 1 aliphatic rings. The van der Waals surface area contributed by atoms with Crippen LogP contribution in [0.5, 0.6) is 5.75 Å². The number of nitrogens with one attached hydrogen (secondary N) is 2. The van der Waals surface area contributed by atoms with Gasteiger partial charge in [-0.3, -0.25) is 19.7 Å². The van der Waals surface area contributed by atoms with Gasteiger partial charge in [-0.15, -0.1) is 0 Å². The van der Waals surface area contributed by atoms with Gasteiger partial charge in [0.15, 0.2) is 5.92 Å². The number of benzene rings is 2. The largest absolute Gasteiger partial charge is 0.497 e. The van der Waals surface area contributed by atoms with Crippen molar-refractivity contribution in [3.8, 4) is 5.75 Å². The quantitative estimate of drug-likeness (QED) is 0.404. The van der Waals surface area contributed by atoms with Crippen LogP contribution in [-0.2, 0) is 9.59 Å². The monoisotopic (exact) mass is 458 g/mol. The second-order valence-corrected chi connectivity index (χ2v) is 6.79. The Morgan fingerprint density at radius 2 is 1.79 bits per heavy atom. The Bertz CT molecular complexity index is 989. The minimum Gasteiger partial charge on any atom is -0.497 e. The van der Waals surface area contributed by atoms with Gasteiger partial charge in [-0.05, 0) is 48.5 Å². The van der Waals surface area contributed by atoms with Crippen LogP contribution in [0.1, 0.15) is 10.4 Å². The summed E-state index contributed by atoms with van der Waals surface area (Å²) in [7, 11) is 1.51. The third-order valence-electron chi connectivity index (χ3n) is 4.03. The van der Waals surface area contributed by atoms with E-state index in [1.54, 1.807) is 36.4 Å². The Labute approximate surface area is 173 Å². The topological polar surface area (TPSA) is 117 Å². The molecule has 1 saturated heterocycles. The zero-order valence-corrected chi connectivity index (χ0v) is 16.7. The van der Waals surface area contributed by atoms with Crippen LogP contribution in [0.3, 0.4) is 0 Å². The van der Waals surface area contributed by atoms with Crippen LogP contribution in [0.15, 0.2) is 58.1 Å². The fourth-order valence-corrected chi connectivity index (χ4v) is 2.80. The molecule has 10 heteroatoms. The molecule has 0 aliphatic carbocycles. The third-order valence-corrected chi connectivity index (χ3v) is 4.56. The smallest absolute Gasteiger partial charge is 0.335 e. The number of rotatable bonds is 5. The number of urea groups is 1. The molecule has 1 atom stereocenters. The number of methoxy groups -OCH3 is 1. The number of imide groups is 2. The van der Waals surface area contributed by atoms with Crippen molar-refractivity contribution >= 4 is 51.6 Å². The lowest BCUT2D eigenvalue weighted by atomic mass is 10.1. The molecule has 0 aromatic heterocycles. The predicted octanol–water partition coefficient (Wildman–Crippen LogP) is 2.07. The van der Waals surface area contributed by atoms with Crippen LogP contribution < -0.4 is 20.4 Å².